The number of pyridine rings is 1. The van der Waals surface area contributed by atoms with Crippen LogP contribution in [0.15, 0.2) is 91.2 Å². The molecule has 7 heteroatoms. The Labute approximate surface area is 247 Å². The lowest BCUT2D eigenvalue weighted by Crippen LogP contribution is -2.37. The molecule has 0 radical (unpaired) electrons. The summed E-state index contributed by atoms with van der Waals surface area (Å²) < 4.78 is 0. The van der Waals surface area contributed by atoms with Gasteiger partial charge < -0.3 is 15.5 Å². The smallest absolute Gasteiger partial charge is 0.252 e. The lowest BCUT2D eigenvalue weighted by molar-refractivity contribution is -0.121. The zero-order valence-corrected chi connectivity index (χ0v) is 24.8. The monoisotopic (exact) mass is 557 g/mol. The average molecular weight is 558 g/mol. The minimum absolute atomic E-state index is 0.0412. The number of likely N-dealkylation sites (N-methyl/N-ethyl adjacent to an activating group) is 1. The molecule has 7 nitrogen and oxygen atoms in total. The molecule has 0 unspecified atom stereocenters. The highest BCUT2D eigenvalue weighted by atomic mass is 16.2. The Bertz CT molecular complexity index is 1080. The van der Waals surface area contributed by atoms with Crippen LogP contribution in [-0.2, 0) is 4.79 Å². The maximum absolute atomic E-state index is 12.1. The molecule has 1 rings (SSSR count). The number of hydrogen-bond donors (Lipinski definition) is 2. The highest BCUT2D eigenvalue weighted by Gasteiger charge is 2.07. The number of nitrogens with zero attached hydrogens (tertiary/aromatic N) is 3. The maximum atomic E-state index is 12.1. The summed E-state index contributed by atoms with van der Waals surface area (Å²) in [6, 6.07) is 5.03. The summed E-state index contributed by atoms with van der Waals surface area (Å²) in [4.78, 5) is 30.1. The Kier molecular flexibility index (Phi) is 21.3. The second-order valence-electron chi connectivity index (χ2n) is 9.41. The van der Waals surface area contributed by atoms with Crippen LogP contribution in [0.25, 0.3) is 0 Å². The number of carbonyl (C=O) groups excluding carboxylic acids is 2. The third-order valence-electron chi connectivity index (χ3n) is 5.87. The number of carbonyl (C=O) groups is 2. The van der Waals surface area contributed by atoms with Gasteiger partial charge in [-0.25, -0.2) is 4.98 Å². The number of nitrogens with one attached hydrogen (secondary N) is 2. The van der Waals surface area contributed by atoms with Crippen molar-refractivity contribution in [3.05, 3.63) is 102 Å². The summed E-state index contributed by atoms with van der Waals surface area (Å²) >= 11 is 0. The van der Waals surface area contributed by atoms with E-state index in [9.17, 15) is 9.59 Å². The van der Waals surface area contributed by atoms with Crippen LogP contribution in [0.5, 0.6) is 0 Å². The van der Waals surface area contributed by atoms with Crippen molar-refractivity contribution in [2.75, 3.05) is 33.2 Å². The molecular weight excluding hydrogens is 510 g/mol. The van der Waals surface area contributed by atoms with Crippen molar-refractivity contribution in [3.63, 3.8) is 0 Å². The molecule has 0 saturated carbocycles. The highest BCUT2D eigenvalue weighted by Crippen LogP contribution is 2.00. The molecule has 2 N–H and O–H groups in total. The van der Waals surface area contributed by atoms with Crippen molar-refractivity contribution >= 4 is 11.8 Å². The Morgan fingerprint density at radius 1 is 0.805 bits per heavy atom. The van der Waals surface area contributed by atoms with E-state index in [2.05, 4.69) is 95.5 Å². The first-order chi connectivity index (χ1) is 20.1. The van der Waals surface area contributed by atoms with Gasteiger partial charge in [0, 0.05) is 38.8 Å². The van der Waals surface area contributed by atoms with E-state index in [1.807, 2.05) is 18.0 Å². The van der Waals surface area contributed by atoms with E-state index < -0.39 is 0 Å². The first-order valence-corrected chi connectivity index (χ1v) is 14.6. The lowest BCUT2D eigenvalue weighted by atomic mass is 10.2. The summed E-state index contributed by atoms with van der Waals surface area (Å²) in [6.07, 6.45) is 34.5. The Morgan fingerprint density at radius 3 is 1.80 bits per heavy atom. The topological polar surface area (TPSA) is 98.1 Å². The number of nitriles is 1. The number of amides is 2. The largest absolute Gasteiger partial charge is 0.355 e. The normalized spacial score (nSPS) is 12.1. The fourth-order valence-corrected chi connectivity index (χ4v) is 3.50. The lowest BCUT2D eigenvalue weighted by Gasteiger charge is -2.17. The number of allylic oxidation sites excluding steroid dienone is 12. The predicted molar refractivity (Wildman–Crippen MR) is 169 cm³/mol. The van der Waals surface area contributed by atoms with Gasteiger partial charge in [0.05, 0.1) is 5.56 Å². The fourth-order valence-electron chi connectivity index (χ4n) is 3.50. The summed E-state index contributed by atoms with van der Waals surface area (Å²) in [7, 11) is 1.94. The van der Waals surface area contributed by atoms with Crippen LogP contribution >= 0.6 is 0 Å². The first kappa shape index (κ1) is 35.0. The van der Waals surface area contributed by atoms with Gasteiger partial charge in [-0.1, -0.05) is 79.8 Å². The molecule has 0 atom stereocenters. The number of rotatable bonds is 21. The van der Waals surface area contributed by atoms with E-state index in [-0.39, 0.29) is 17.5 Å². The van der Waals surface area contributed by atoms with Crippen LogP contribution in [0.4, 0.5) is 0 Å². The van der Waals surface area contributed by atoms with Crippen LogP contribution in [0, 0.1) is 11.3 Å². The molecule has 1 aromatic rings. The van der Waals surface area contributed by atoms with Gasteiger partial charge in [-0.3, -0.25) is 9.59 Å². The van der Waals surface area contributed by atoms with Gasteiger partial charge in [0.15, 0.2) is 0 Å². The van der Waals surface area contributed by atoms with E-state index in [1.165, 1.54) is 12.3 Å². The summed E-state index contributed by atoms with van der Waals surface area (Å²) in [5.74, 6) is -0.183. The standard InChI is InChI=1S/C34H47N5O2/c1-3-4-5-6-7-8-9-10-11-12-13-14-15-16-17-18-19-20-21-22-33(40)36-25-27-39(2)28-26-37-34(41)31-23-24-32(29-35)38-30-31/h4-5,7-8,10-11,13-14,16-17,19-20,23-24,30H,3,6,9,12,15,18,21-22,25-28H2,1-2H3,(H,36,40)(H,37,41). The van der Waals surface area contributed by atoms with Gasteiger partial charge in [-0.15, -0.1) is 0 Å². The molecule has 0 aliphatic heterocycles. The van der Waals surface area contributed by atoms with E-state index in [1.54, 1.807) is 6.07 Å². The second-order valence-corrected chi connectivity index (χ2v) is 9.41. The van der Waals surface area contributed by atoms with Crippen molar-refractivity contribution in [1.29, 1.82) is 5.26 Å². The Morgan fingerprint density at radius 2 is 1.32 bits per heavy atom. The molecule has 2 amide bonds. The van der Waals surface area contributed by atoms with Gasteiger partial charge in [0.2, 0.25) is 5.91 Å². The fraction of sp³-hybridized carbons (Fsp3) is 0.412. The van der Waals surface area contributed by atoms with Crippen LogP contribution in [-0.4, -0.2) is 54.9 Å². The van der Waals surface area contributed by atoms with Crippen LogP contribution < -0.4 is 10.6 Å². The van der Waals surface area contributed by atoms with E-state index in [0.29, 0.717) is 38.2 Å². The second kappa shape index (κ2) is 25.0. The molecular formula is C34H47N5O2. The molecule has 0 aliphatic rings. The van der Waals surface area contributed by atoms with E-state index in [4.69, 9.17) is 5.26 Å². The minimum atomic E-state index is -0.224. The number of aromatic nitrogens is 1. The van der Waals surface area contributed by atoms with E-state index >= 15 is 0 Å². The van der Waals surface area contributed by atoms with Gasteiger partial charge in [-0.05, 0) is 64.1 Å². The third kappa shape index (κ3) is 20.5. The Balaban J connectivity index is 2.00. The average Bonchev–Trinajstić information content (AvgIpc) is 2.98. The SMILES string of the molecule is CCC=CCC=CCC=CCC=CCC=CCC=CCCC(=O)NCCN(C)CCNC(=O)c1ccc(C#N)nc1. The van der Waals surface area contributed by atoms with Crippen molar-refractivity contribution in [2.24, 2.45) is 0 Å². The summed E-state index contributed by atoms with van der Waals surface area (Å²) in [6.45, 7) is 4.54. The molecule has 0 bridgehead atoms. The molecule has 0 fully saturated rings. The van der Waals surface area contributed by atoms with Crippen LogP contribution in [0.2, 0.25) is 0 Å². The maximum Gasteiger partial charge on any atom is 0.252 e. The molecule has 0 aromatic carbocycles. The van der Waals surface area contributed by atoms with Crippen molar-refractivity contribution in [1.82, 2.24) is 20.5 Å². The summed E-state index contributed by atoms with van der Waals surface area (Å²) in [5.41, 5.74) is 0.700. The molecule has 0 aliphatic carbocycles. The molecule has 1 aromatic heterocycles. The van der Waals surface area contributed by atoms with Crippen LogP contribution in [0.3, 0.4) is 0 Å². The van der Waals surface area contributed by atoms with Gasteiger partial charge >= 0.3 is 0 Å². The van der Waals surface area contributed by atoms with Gasteiger partial charge in [0.25, 0.3) is 5.91 Å². The molecule has 0 spiro atoms. The minimum Gasteiger partial charge on any atom is -0.355 e. The van der Waals surface area contributed by atoms with Crippen LogP contribution in [0.1, 0.15) is 74.3 Å². The predicted octanol–water partition coefficient (Wildman–Crippen LogP) is 6.21. The van der Waals surface area contributed by atoms with E-state index in [0.717, 1.165) is 44.9 Å². The molecule has 0 saturated heterocycles. The van der Waals surface area contributed by atoms with Crippen molar-refractivity contribution in [3.8, 4) is 6.07 Å². The third-order valence-corrected chi connectivity index (χ3v) is 5.87. The van der Waals surface area contributed by atoms with Gasteiger partial charge in [0.1, 0.15) is 11.8 Å². The quantitative estimate of drug-likeness (QED) is 0.175. The highest BCUT2D eigenvalue weighted by molar-refractivity contribution is 5.93. The molecule has 1 heterocycles. The van der Waals surface area contributed by atoms with Crippen molar-refractivity contribution in [2.45, 2.75) is 58.3 Å². The number of hydrogen-bond acceptors (Lipinski definition) is 5. The molecule has 220 valence electrons. The summed E-state index contributed by atoms with van der Waals surface area (Å²) in [5, 5.41) is 14.5. The van der Waals surface area contributed by atoms with Gasteiger partial charge in [-0.2, -0.15) is 5.26 Å². The van der Waals surface area contributed by atoms with Crippen molar-refractivity contribution < 1.29 is 9.59 Å². The zero-order valence-electron chi connectivity index (χ0n) is 24.8. The Hall–Kier alpha value is -4.02. The molecule has 41 heavy (non-hydrogen) atoms. The first-order valence-electron chi connectivity index (χ1n) is 14.6. The zero-order chi connectivity index (χ0) is 29.8.